The Balaban J connectivity index is 5.24. The molecular formula is C87H170O17P2. The summed E-state index contributed by atoms with van der Waals surface area (Å²) < 4.78 is 68.9. The van der Waals surface area contributed by atoms with E-state index in [4.69, 9.17) is 37.0 Å². The minimum Gasteiger partial charge on any atom is -0.462 e. The number of aliphatic hydroxyl groups is 1. The van der Waals surface area contributed by atoms with Crippen LogP contribution in [-0.4, -0.2) is 96.7 Å². The van der Waals surface area contributed by atoms with Gasteiger partial charge in [-0.05, 0) is 37.5 Å². The van der Waals surface area contributed by atoms with Crippen molar-refractivity contribution in [1.82, 2.24) is 0 Å². The van der Waals surface area contributed by atoms with Gasteiger partial charge in [-0.25, -0.2) is 9.13 Å². The van der Waals surface area contributed by atoms with Crippen molar-refractivity contribution in [2.75, 3.05) is 39.6 Å². The van der Waals surface area contributed by atoms with E-state index in [2.05, 4.69) is 41.5 Å². The maximum atomic E-state index is 13.2. The standard InChI is InChI=1S/C87H170O17P2/c1-7-10-12-14-16-18-20-22-24-25-29-32-36-39-45-51-57-63-69-84(89)97-75-82(103-87(92)72-66-60-54-47-41-37-33-30-27-26-28-31-34-38-44-50-56-62-68-80(6)9-3)77-101-105(93,94)99-73-81(88)74-100-106(95,96)102-78-83(76-98-85(90)70-64-58-52-48-42-43-49-55-61-67-79(4)5)104-86(91)71-65-59-53-46-40-35-23-21-19-17-15-13-11-8-2/h79-83,88H,7-78H2,1-6H3,(H,93,94)(H,95,96)/t80?,81-,82-,83-/m1/s1. The fourth-order valence-corrected chi connectivity index (χ4v) is 15.1. The highest BCUT2D eigenvalue weighted by Crippen LogP contribution is 2.45. The summed E-state index contributed by atoms with van der Waals surface area (Å²) in [5, 5.41) is 10.7. The van der Waals surface area contributed by atoms with Crippen molar-refractivity contribution in [3.63, 3.8) is 0 Å². The van der Waals surface area contributed by atoms with Crippen LogP contribution in [0.5, 0.6) is 0 Å². The van der Waals surface area contributed by atoms with Gasteiger partial charge in [0.2, 0.25) is 0 Å². The summed E-state index contributed by atoms with van der Waals surface area (Å²) in [5.41, 5.74) is 0. The van der Waals surface area contributed by atoms with Crippen LogP contribution in [0.2, 0.25) is 0 Å². The summed E-state index contributed by atoms with van der Waals surface area (Å²) in [6, 6.07) is 0. The van der Waals surface area contributed by atoms with Crippen LogP contribution in [0.15, 0.2) is 0 Å². The molecule has 0 aliphatic carbocycles. The summed E-state index contributed by atoms with van der Waals surface area (Å²) in [6.45, 7) is 9.73. The van der Waals surface area contributed by atoms with Crippen molar-refractivity contribution in [1.29, 1.82) is 0 Å². The van der Waals surface area contributed by atoms with E-state index < -0.39 is 97.5 Å². The lowest BCUT2D eigenvalue weighted by Crippen LogP contribution is -2.30. The number of hydrogen-bond donors (Lipinski definition) is 3. The molecule has 0 aliphatic rings. The number of hydrogen-bond acceptors (Lipinski definition) is 15. The fourth-order valence-electron chi connectivity index (χ4n) is 13.6. The van der Waals surface area contributed by atoms with Gasteiger partial charge >= 0.3 is 39.5 Å². The van der Waals surface area contributed by atoms with Crippen LogP contribution in [0, 0.1) is 11.8 Å². The molecule has 0 spiro atoms. The molecule has 0 fully saturated rings. The van der Waals surface area contributed by atoms with Gasteiger partial charge in [0.15, 0.2) is 12.2 Å². The molecule has 0 radical (unpaired) electrons. The molecule has 6 atom stereocenters. The molecule has 630 valence electrons. The first-order valence-electron chi connectivity index (χ1n) is 45.0. The van der Waals surface area contributed by atoms with Gasteiger partial charge in [-0.15, -0.1) is 0 Å². The Morgan fingerprint density at radius 3 is 0.717 bits per heavy atom. The van der Waals surface area contributed by atoms with Crippen LogP contribution in [-0.2, 0) is 65.4 Å². The fraction of sp³-hybridized carbons (Fsp3) is 0.954. The van der Waals surface area contributed by atoms with Crippen LogP contribution in [0.3, 0.4) is 0 Å². The van der Waals surface area contributed by atoms with Crippen LogP contribution in [0.1, 0.15) is 465 Å². The lowest BCUT2D eigenvalue weighted by atomic mass is 9.99. The Bertz CT molecular complexity index is 2030. The Kier molecular flexibility index (Phi) is 76.9. The predicted octanol–water partition coefficient (Wildman–Crippen LogP) is 26.6. The van der Waals surface area contributed by atoms with Crippen molar-refractivity contribution in [3.05, 3.63) is 0 Å². The molecule has 106 heavy (non-hydrogen) atoms. The van der Waals surface area contributed by atoms with Crippen LogP contribution in [0.4, 0.5) is 0 Å². The summed E-state index contributed by atoms with van der Waals surface area (Å²) in [4.78, 5) is 73.3. The first-order chi connectivity index (χ1) is 51.4. The van der Waals surface area contributed by atoms with Gasteiger partial charge < -0.3 is 33.8 Å². The lowest BCUT2D eigenvalue weighted by Gasteiger charge is -2.21. The number of carbonyl (C=O) groups is 4. The van der Waals surface area contributed by atoms with Gasteiger partial charge in [0.25, 0.3) is 0 Å². The third-order valence-corrected chi connectivity index (χ3v) is 22.7. The third-order valence-electron chi connectivity index (χ3n) is 20.8. The monoisotopic (exact) mass is 1550 g/mol. The zero-order valence-corrected chi connectivity index (χ0v) is 71.5. The summed E-state index contributed by atoms with van der Waals surface area (Å²) in [7, 11) is -9.93. The van der Waals surface area contributed by atoms with E-state index in [0.29, 0.717) is 25.7 Å². The molecule has 3 N–H and O–H groups in total. The Morgan fingerprint density at radius 1 is 0.274 bits per heavy atom. The highest BCUT2D eigenvalue weighted by Gasteiger charge is 2.30. The molecule has 17 nitrogen and oxygen atoms in total. The first-order valence-corrected chi connectivity index (χ1v) is 48.0. The minimum absolute atomic E-state index is 0.108. The quantitative estimate of drug-likeness (QED) is 0.0222. The van der Waals surface area contributed by atoms with E-state index in [1.807, 2.05) is 0 Å². The maximum absolute atomic E-state index is 13.2. The number of phosphoric acid groups is 2. The minimum atomic E-state index is -4.97. The van der Waals surface area contributed by atoms with Gasteiger partial charge in [0.1, 0.15) is 19.3 Å². The zero-order valence-electron chi connectivity index (χ0n) is 69.7. The molecule has 0 aromatic carbocycles. The van der Waals surface area contributed by atoms with Crippen LogP contribution in [0.25, 0.3) is 0 Å². The van der Waals surface area contributed by atoms with E-state index in [1.165, 1.54) is 283 Å². The molecule has 0 bridgehead atoms. The highest BCUT2D eigenvalue weighted by atomic mass is 31.2. The second kappa shape index (κ2) is 78.3. The average molecular weight is 1550 g/mol. The molecule has 0 saturated heterocycles. The molecule has 0 rings (SSSR count). The van der Waals surface area contributed by atoms with E-state index >= 15 is 0 Å². The van der Waals surface area contributed by atoms with Crippen molar-refractivity contribution < 1.29 is 80.2 Å². The highest BCUT2D eigenvalue weighted by molar-refractivity contribution is 7.47. The summed E-state index contributed by atoms with van der Waals surface area (Å²) in [5.74, 6) is -0.485. The largest absolute Gasteiger partial charge is 0.472 e. The number of rotatable bonds is 86. The molecular weight excluding hydrogens is 1380 g/mol. The molecule has 0 amide bonds. The van der Waals surface area contributed by atoms with Gasteiger partial charge in [-0.2, -0.15) is 0 Å². The van der Waals surface area contributed by atoms with E-state index in [9.17, 15) is 43.2 Å². The number of unbranched alkanes of at least 4 members (excludes halogenated alkanes) is 55. The topological polar surface area (TPSA) is 237 Å². The number of phosphoric ester groups is 2. The van der Waals surface area contributed by atoms with Gasteiger partial charge in [-0.3, -0.25) is 37.3 Å². The van der Waals surface area contributed by atoms with E-state index in [-0.39, 0.29) is 25.7 Å². The SMILES string of the molecule is CCCCCCCCCCCCCCCCCCCCC(=O)OC[C@H](COP(=O)(O)OC[C@@H](O)COP(=O)(O)OC[C@@H](COC(=O)CCCCCCCCCCCC(C)C)OC(=O)CCCCCCCCCCCCCCCC)OC(=O)CCCCCCCCCCCCCCCCCCCCC(C)CC. The van der Waals surface area contributed by atoms with Gasteiger partial charge in [-0.1, -0.05) is 414 Å². The van der Waals surface area contributed by atoms with Gasteiger partial charge in [0, 0.05) is 25.7 Å². The van der Waals surface area contributed by atoms with Crippen molar-refractivity contribution >= 4 is 39.5 Å². The smallest absolute Gasteiger partial charge is 0.462 e. The van der Waals surface area contributed by atoms with E-state index in [1.54, 1.807) is 0 Å². The molecule has 0 aliphatic heterocycles. The molecule has 0 aromatic rings. The third kappa shape index (κ3) is 78.7. The lowest BCUT2D eigenvalue weighted by molar-refractivity contribution is -0.161. The first kappa shape index (κ1) is 104. The zero-order chi connectivity index (χ0) is 77.8. The van der Waals surface area contributed by atoms with Crippen LogP contribution >= 0.6 is 15.6 Å². The van der Waals surface area contributed by atoms with Crippen LogP contribution < -0.4 is 0 Å². The summed E-state index contributed by atoms with van der Waals surface area (Å²) >= 11 is 0. The normalized spacial score (nSPS) is 14.1. The number of carbonyl (C=O) groups excluding carboxylic acids is 4. The Hall–Kier alpha value is -1.94. The average Bonchev–Trinajstić information content (AvgIpc) is 0.902. The Labute approximate surface area is 651 Å². The summed E-state index contributed by atoms with van der Waals surface area (Å²) in [6.07, 6.45) is 70.8. The Morgan fingerprint density at radius 2 is 0.481 bits per heavy atom. The van der Waals surface area contributed by atoms with Crippen molar-refractivity contribution in [2.24, 2.45) is 11.8 Å². The molecule has 3 unspecified atom stereocenters. The number of ether oxygens (including phenoxy) is 4. The van der Waals surface area contributed by atoms with Crippen molar-refractivity contribution in [3.8, 4) is 0 Å². The molecule has 0 saturated carbocycles. The van der Waals surface area contributed by atoms with E-state index in [0.717, 1.165) is 102 Å². The molecule has 0 aromatic heterocycles. The molecule has 19 heteroatoms. The van der Waals surface area contributed by atoms with Crippen molar-refractivity contribution in [2.45, 2.75) is 484 Å². The number of aliphatic hydroxyl groups excluding tert-OH is 1. The predicted molar refractivity (Wildman–Crippen MR) is 437 cm³/mol. The van der Waals surface area contributed by atoms with Gasteiger partial charge in [0.05, 0.1) is 26.4 Å². The maximum Gasteiger partial charge on any atom is 0.472 e. The second-order valence-electron chi connectivity index (χ2n) is 32.0. The molecule has 0 heterocycles. The number of esters is 4. The second-order valence-corrected chi connectivity index (χ2v) is 34.9.